The van der Waals surface area contributed by atoms with Gasteiger partial charge in [-0.1, -0.05) is 22.9 Å². The summed E-state index contributed by atoms with van der Waals surface area (Å²) in [6.07, 6.45) is 1.58. The predicted molar refractivity (Wildman–Crippen MR) is 62.9 cm³/mol. The van der Waals surface area contributed by atoms with Crippen molar-refractivity contribution in [1.82, 2.24) is 15.0 Å². The van der Waals surface area contributed by atoms with E-state index in [0.29, 0.717) is 12.1 Å². The Balaban J connectivity index is 2.43. The molecule has 0 radical (unpaired) electrons. The molecule has 0 saturated heterocycles. The summed E-state index contributed by atoms with van der Waals surface area (Å²) in [5.74, 6) is -0.299. The maximum absolute atomic E-state index is 13.7. The number of rotatable bonds is 3. The molecular weight excluding hydrogens is 219 g/mol. The van der Waals surface area contributed by atoms with Gasteiger partial charge in [0, 0.05) is 12.1 Å². The molecule has 2 aromatic rings. The number of hydrogen-bond donors (Lipinski definition) is 1. The molecule has 0 aliphatic carbocycles. The van der Waals surface area contributed by atoms with E-state index < -0.39 is 6.04 Å². The van der Waals surface area contributed by atoms with Crippen LogP contribution in [0, 0.1) is 12.7 Å². The minimum atomic E-state index is -0.537. The molecule has 1 heterocycles. The highest BCUT2D eigenvalue weighted by Gasteiger charge is 2.17. The van der Waals surface area contributed by atoms with Gasteiger partial charge >= 0.3 is 0 Å². The molecule has 0 saturated carbocycles. The largest absolute Gasteiger partial charge is 0.319 e. The zero-order valence-corrected chi connectivity index (χ0v) is 9.89. The number of benzene rings is 1. The number of hydrogen-bond acceptors (Lipinski definition) is 3. The van der Waals surface area contributed by atoms with Crippen LogP contribution in [0.2, 0.25) is 0 Å². The van der Waals surface area contributed by atoms with Crippen molar-refractivity contribution in [3.05, 3.63) is 47.0 Å². The molecular formula is C12H15FN4. The van der Waals surface area contributed by atoms with Crippen molar-refractivity contribution in [2.45, 2.75) is 26.4 Å². The van der Waals surface area contributed by atoms with E-state index in [4.69, 9.17) is 5.73 Å². The zero-order chi connectivity index (χ0) is 12.4. The fraction of sp³-hybridized carbons (Fsp3) is 0.333. The third-order valence-electron chi connectivity index (χ3n) is 2.75. The Labute approximate surface area is 99.2 Å². The highest BCUT2D eigenvalue weighted by atomic mass is 19.1. The van der Waals surface area contributed by atoms with Crippen molar-refractivity contribution < 1.29 is 4.39 Å². The Kier molecular flexibility index (Phi) is 3.19. The third-order valence-corrected chi connectivity index (χ3v) is 2.75. The fourth-order valence-electron chi connectivity index (χ4n) is 1.81. The lowest BCUT2D eigenvalue weighted by Gasteiger charge is -2.14. The molecule has 1 atom stereocenters. The van der Waals surface area contributed by atoms with Crippen LogP contribution in [0.3, 0.4) is 0 Å². The first-order valence-electron chi connectivity index (χ1n) is 5.53. The molecule has 1 aromatic carbocycles. The van der Waals surface area contributed by atoms with E-state index in [1.165, 1.54) is 6.07 Å². The smallest absolute Gasteiger partial charge is 0.128 e. The van der Waals surface area contributed by atoms with Gasteiger partial charge in [-0.25, -0.2) is 9.07 Å². The van der Waals surface area contributed by atoms with Gasteiger partial charge in [0.1, 0.15) is 5.82 Å². The van der Waals surface area contributed by atoms with Gasteiger partial charge in [-0.3, -0.25) is 0 Å². The lowest BCUT2D eigenvalue weighted by Crippen LogP contribution is -2.18. The SMILES string of the molecule is CCn1nncc1C(N)c1cc(C)ccc1F. The van der Waals surface area contributed by atoms with Gasteiger partial charge in [-0.05, 0) is 19.9 Å². The Morgan fingerprint density at radius 3 is 2.94 bits per heavy atom. The van der Waals surface area contributed by atoms with E-state index in [9.17, 15) is 4.39 Å². The fourth-order valence-corrected chi connectivity index (χ4v) is 1.81. The Bertz CT molecular complexity index is 521. The molecule has 0 spiro atoms. The van der Waals surface area contributed by atoms with Crippen LogP contribution < -0.4 is 5.73 Å². The topological polar surface area (TPSA) is 56.7 Å². The third kappa shape index (κ3) is 2.19. The van der Waals surface area contributed by atoms with E-state index in [-0.39, 0.29) is 5.82 Å². The van der Waals surface area contributed by atoms with E-state index in [1.807, 2.05) is 13.8 Å². The molecule has 5 heteroatoms. The highest BCUT2D eigenvalue weighted by molar-refractivity contribution is 5.31. The first-order chi connectivity index (χ1) is 8.13. The summed E-state index contributed by atoms with van der Waals surface area (Å²) in [5.41, 5.74) is 8.24. The summed E-state index contributed by atoms with van der Waals surface area (Å²) >= 11 is 0. The molecule has 1 unspecified atom stereocenters. The molecule has 4 nitrogen and oxygen atoms in total. The summed E-state index contributed by atoms with van der Waals surface area (Å²) in [6.45, 7) is 4.51. The lowest BCUT2D eigenvalue weighted by molar-refractivity contribution is 0.559. The maximum atomic E-state index is 13.7. The Morgan fingerprint density at radius 2 is 2.24 bits per heavy atom. The van der Waals surface area contributed by atoms with Gasteiger partial charge in [0.05, 0.1) is 17.9 Å². The van der Waals surface area contributed by atoms with E-state index in [0.717, 1.165) is 11.3 Å². The van der Waals surface area contributed by atoms with Crippen LogP contribution in [-0.4, -0.2) is 15.0 Å². The van der Waals surface area contributed by atoms with Crippen LogP contribution in [0.15, 0.2) is 24.4 Å². The van der Waals surface area contributed by atoms with Crippen molar-refractivity contribution >= 4 is 0 Å². The summed E-state index contributed by atoms with van der Waals surface area (Å²) in [5, 5.41) is 7.70. The summed E-state index contributed by atoms with van der Waals surface area (Å²) in [6, 6.07) is 4.38. The Morgan fingerprint density at radius 1 is 1.47 bits per heavy atom. The number of halogens is 1. The summed E-state index contributed by atoms with van der Waals surface area (Å²) in [4.78, 5) is 0. The van der Waals surface area contributed by atoms with Crippen molar-refractivity contribution in [2.24, 2.45) is 5.73 Å². The van der Waals surface area contributed by atoms with Crippen molar-refractivity contribution in [3.8, 4) is 0 Å². The van der Waals surface area contributed by atoms with Gasteiger partial charge in [-0.2, -0.15) is 0 Å². The number of aromatic nitrogens is 3. The Hall–Kier alpha value is -1.75. The van der Waals surface area contributed by atoms with E-state index >= 15 is 0 Å². The van der Waals surface area contributed by atoms with E-state index in [1.54, 1.807) is 23.0 Å². The predicted octanol–water partition coefficient (Wildman–Crippen LogP) is 1.79. The molecule has 0 aliphatic heterocycles. The van der Waals surface area contributed by atoms with Crippen LogP contribution in [0.1, 0.15) is 29.8 Å². The van der Waals surface area contributed by atoms with Crippen LogP contribution in [0.25, 0.3) is 0 Å². The molecule has 0 fully saturated rings. The van der Waals surface area contributed by atoms with Crippen molar-refractivity contribution in [1.29, 1.82) is 0 Å². The van der Waals surface area contributed by atoms with Crippen molar-refractivity contribution in [3.63, 3.8) is 0 Å². The van der Waals surface area contributed by atoms with Crippen LogP contribution in [0.5, 0.6) is 0 Å². The molecule has 0 aliphatic rings. The summed E-state index contributed by atoms with van der Waals surface area (Å²) < 4.78 is 15.4. The van der Waals surface area contributed by atoms with Crippen LogP contribution in [0.4, 0.5) is 4.39 Å². The standard InChI is InChI=1S/C12H15FN4/c1-3-17-11(7-15-16-17)12(14)9-6-8(2)4-5-10(9)13/h4-7,12H,3,14H2,1-2H3. The second kappa shape index (κ2) is 4.63. The number of nitrogens with zero attached hydrogens (tertiary/aromatic N) is 3. The van der Waals surface area contributed by atoms with Gasteiger partial charge < -0.3 is 5.73 Å². The molecule has 0 bridgehead atoms. The second-order valence-electron chi connectivity index (χ2n) is 3.98. The molecule has 0 amide bonds. The average Bonchev–Trinajstić information content (AvgIpc) is 2.79. The summed E-state index contributed by atoms with van der Waals surface area (Å²) in [7, 11) is 0. The molecule has 17 heavy (non-hydrogen) atoms. The molecule has 2 N–H and O–H groups in total. The number of aryl methyl sites for hydroxylation is 2. The van der Waals surface area contributed by atoms with E-state index in [2.05, 4.69) is 10.3 Å². The van der Waals surface area contributed by atoms with Crippen LogP contribution in [-0.2, 0) is 6.54 Å². The lowest BCUT2D eigenvalue weighted by atomic mass is 10.0. The van der Waals surface area contributed by atoms with Gasteiger partial charge in [-0.15, -0.1) is 5.10 Å². The molecule has 2 rings (SSSR count). The second-order valence-corrected chi connectivity index (χ2v) is 3.98. The maximum Gasteiger partial charge on any atom is 0.128 e. The zero-order valence-electron chi connectivity index (χ0n) is 9.89. The minimum absolute atomic E-state index is 0.299. The minimum Gasteiger partial charge on any atom is -0.319 e. The normalized spacial score (nSPS) is 12.7. The van der Waals surface area contributed by atoms with Crippen molar-refractivity contribution in [2.75, 3.05) is 0 Å². The monoisotopic (exact) mass is 234 g/mol. The quantitative estimate of drug-likeness (QED) is 0.880. The first-order valence-corrected chi connectivity index (χ1v) is 5.53. The average molecular weight is 234 g/mol. The highest BCUT2D eigenvalue weighted by Crippen LogP contribution is 2.22. The molecule has 90 valence electrons. The number of nitrogens with two attached hydrogens (primary N) is 1. The molecule has 1 aromatic heterocycles. The van der Waals surface area contributed by atoms with Gasteiger partial charge in [0.2, 0.25) is 0 Å². The first kappa shape index (κ1) is 11.7. The van der Waals surface area contributed by atoms with Gasteiger partial charge in [0.25, 0.3) is 0 Å². The van der Waals surface area contributed by atoms with Crippen LogP contribution >= 0.6 is 0 Å². The van der Waals surface area contributed by atoms with Gasteiger partial charge in [0.15, 0.2) is 0 Å².